The van der Waals surface area contributed by atoms with Crippen LogP contribution in [0, 0.1) is 26.0 Å². The van der Waals surface area contributed by atoms with Crippen LogP contribution in [0.1, 0.15) is 61.8 Å². The molecule has 0 saturated carbocycles. The first kappa shape index (κ1) is 46.0. The fraction of sp³-hybridized carbons (Fsp3) is 0.180. The average molecular weight is 1110 g/mol. The van der Waals surface area contributed by atoms with Gasteiger partial charge in [-0.05, 0) is 81.4 Å². The molecule has 6 heteroatoms. The van der Waals surface area contributed by atoms with Crippen LogP contribution in [0.15, 0.2) is 162 Å². The molecule has 0 saturated heterocycles. The second-order valence-electron chi connectivity index (χ2n) is 19.4. The molecular formula is C61H55GeIrN3O-2. The molecule has 0 spiro atoms. The Hall–Kier alpha value is -6.11. The fourth-order valence-electron chi connectivity index (χ4n) is 9.46. The minimum atomic E-state index is -1.72. The van der Waals surface area contributed by atoms with Crippen LogP contribution in [0.25, 0.3) is 94.0 Å². The molecule has 11 aromatic rings. The molecule has 0 bridgehead atoms. The summed E-state index contributed by atoms with van der Waals surface area (Å²) in [6.45, 7) is 13.5. The van der Waals surface area contributed by atoms with E-state index in [-0.39, 0.29) is 31.9 Å². The van der Waals surface area contributed by atoms with Crippen molar-refractivity contribution in [2.24, 2.45) is 0 Å². The maximum Gasteiger partial charge on any atom is 0 e. The second kappa shape index (κ2) is 18.5. The number of rotatable bonds is 7. The number of aromatic nitrogens is 3. The van der Waals surface area contributed by atoms with Gasteiger partial charge in [-0.1, -0.05) is 136 Å². The van der Waals surface area contributed by atoms with E-state index < -0.39 is 13.3 Å². The number of nitrogens with zero attached hydrogens (tertiary/aromatic N) is 3. The average Bonchev–Trinajstić information content (AvgIpc) is 3.91. The van der Waals surface area contributed by atoms with Crippen LogP contribution in [0.2, 0.25) is 17.3 Å². The SMILES string of the molecule is Cc1ccc2c(ccc3c2ccc2c3oc3c(-c4nc5ccccc5n4-c4c(C(C)C)cc(-c5ccccc5)cc4C(C)C)[c-]cc(C)c32)c1.[CH3][Ge]([CH3])([CH3])[c]1ccc(-c2[c-]cccc2)nc1.[Ir]. The van der Waals surface area contributed by atoms with Gasteiger partial charge in [0, 0.05) is 36.6 Å². The molecule has 1 radical (unpaired) electrons. The predicted octanol–water partition coefficient (Wildman–Crippen LogP) is 16.3. The molecule has 0 unspecified atom stereocenters. The molecule has 0 amide bonds. The van der Waals surface area contributed by atoms with E-state index in [0.717, 1.165) is 66.6 Å². The smallest absolute Gasteiger partial charge is 0 e. The van der Waals surface area contributed by atoms with Crippen molar-refractivity contribution in [3.05, 3.63) is 192 Å². The van der Waals surface area contributed by atoms with E-state index in [0.29, 0.717) is 0 Å². The van der Waals surface area contributed by atoms with E-state index in [1.165, 1.54) is 54.1 Å². The minimum Gasteiger partial charge on any atom is 0 e. The molecule has 8 aromatic carbocycles. The Bertz CT molecular complexity index is 3550. The van der Waals surface area contributed by atoms with Crippen LogP contribution in [0.5, 0.6) is 0 Å². The van der Waals surface area contributed by atoms with Gasteiger partial charge in [-0.15, -0.1) is 17.7 Å². The van der Waals surface area contributed by atoms with Gasteiger partial charge < -0.3 is 8.98 Å². The molecule has 0 aliphatic rings. The summed E-state index contributed by atoms with van der Waals surface area (Å²) in [5.74, 6) is 8.54. The number of hydrogen-bond donors (Lipinski definition) is 0. The zero-order chi connectivity index (χ0) is 45.9. The third kappa shape index (κ3) is 8.59. The van der Waals surface area contributed by atoms with Gasteiger partial charge in [0.05, 0.1) is 22.4 Å². The molecular weight excluding hydrogens is 1060 g/mol. The molecule has 11 rings (SSSR count). The molecule has 0 N–H and O–H groups in total. The summed E-state index contributed by atoms with van der Waals surface area (Å²) in [6.07, 6.45) is 2.04. The number of aryl methyl sites for hydroxylation is 2. The molecule has 3 aromatic heterocycles. The van der Waals surface area contributed by atoms with Crippen molar-refractivity contribution in [3.8, 4) is 39.5 Å². The summed E-state index contributed by atoms with van der Waals surface area (Å²) in [5, 5.41) is 7.04. The fourth-order valence-corrected chi connectivity index (χ4v) is 11.6. The van der Waals surface area contributed by atoms with E-state index in [9.17, 15) is 0 Å². The molecule has 0 atom stereocenters. The standard InChI is InChI=1S/C47H39N2O.C14H16GeN.Ir/c1-27(2)39-25-33(31-12-8-7-9-13-31)26-40(28(3)4)44(39)49-42-15-11-10-14-41(42)48-47(49)38-20-17-30(6)43-37-23-22-35-34-19-16-29(5)24-32(34)18-21-36(35)45(37)50-46(38)43;1-15(2,3)13-9-10-14(16-11-13)12-7-5-4-6-8-12;/h7-19,21-28H,1-6H3;4-7,9-11H,1-3H3;/q2*-1;. The Morgan fingerprint density at radius 2 is 1.31 bits per heavy atom. The van der Waals surface area contributed by atoms with E-state index in [2.05, 4.69) is 208 Å². The molecule has 0 fully saturated rings. The van der Waals surface area contributed by atoms with Crippen molar-refractivity contribution in [2.75, 3.05) is 0 Å². The first-order chi connectivity index (χ1) is 31.9. The van der Waals surface area contributed by atoms with E-state index in [4.69, 9.17) is 9.40 Å². The summed E-state index contributed by atoms with van der Waals surface area (Å²) in [5.41, 5.74) is 15.4. The number of para-hydroxylation sites is 2. The molecule has 67 heavy (non-hydrogen) atoms. The Labute approximate surface area is 410 Å². The zero-order valence-electron chi connectivity index (χ0n) is 39.7. The normalized spacial score (nSPS) is 11.8. The molecule has 0 aliphatic heterocycles. The van der Waals surface area contributed by atoms with Crippen LogP contribution in [-0.4, -0.2) is 27.8 Å². The Morgan fingerprint density at radius 3 is 2.00 bits per heavy atom. The predicted molar refractivity (Wildman–Crippen MR) is 282 cm³/mol. The quantitative estimate of drug-likeness (QED) is 0.0907. The van der Waals surface area contributed by atoms with Crippen LogP contribution in [0.4, 0.5) is 0 Å². The van der Waals surface area contributed by atoms with E-state index in [1.54, 1.807) is 0 Å². The Balaban J connectivity index is 0.000000281. The van der Waals surface area contributed by atoms with Crippen molar-refractivity contribution in [3.63, 3.8) is 0 Å². The van der Waals surface area contributed by atoms with Gasteiger partial charge in [0.25, 0.3) is 0 Å². The van der Waals surface area contributed by atoms with Crippen LogP contribution in [0.3, 0.4) is 0 Å². The Morgan fingerprint density at radius 1 is 0.627 bits per heavy atom. The summed E-state index contributed by atoms with van der Waals surface area (Å²) in [6, 6.07) is 60.8. The number of benzene rings is 8. The summed E-state index contributed by atoms with van der Waals surface area (Å²) in [7, 11) is 0. The maximum absolute atomic E-state index is 7.04. The van der Waals surface area contributed by atoms with Gasteiger partial charge in [0.1, 0.15) is 5.58 Å². The number of hydrogen-bond acceptors (Lipinski definition) is 3. The topological polar surface area (TPSA) is 43.9 Å². The van der Waals surface area contributed by atoms with Crippen LogP contribution >= 0.6 is 0 Å². The number of imidazole rings is 1. The number of pyridine rings is 1. The van der Waals surface area contributed by atoms with Gasteiger partial charge in [-0.3, -0.25) is 4.98 Å². The van der Waals surface area contributed by atoms with Gasteiger partial charge >= 0.3 is 99.8 Å². The van der Waals surface area contributed by atoms with Gasteiger partial charge in [0.2, 0.25) is 0 Å². The van der Waals surface area contributed by atoms with Crippen molar-refractivity contribution in [2.45, 2.75) is 70.6 Å². The van der Waals surface area contributed by atoms with Crippen molar-refractivity contribution in [1.82, 2.24) is 14.5 Å². The van der Waals surface area contributed by atoms with E-state index in [1.807, 2.05) is 30.5 Å². The molecule has 4 nitrogen and oxygen atoms in total. The zero-order valence-corrected chi connectivity index (χ0v) is 44.2. The van der Waals surface area contributed by atoms with Crippen LogP contribution < -0.4 is 4.40 Å². The third-order valence-corrected chi connectivity index (χ3v) is 17.3. The second-order valence-corrected chi connectivity index (χ2v) is 30.0. The number of fused-ring (bicyclic) bond motifs is 8. The summed E-state index contributed by atoms with van der Waals surface area (Å²) < 4.78 is 10.9. The third-order valence-electron chi connectivity index (χ3n) is 13.0. The van der Waals surface area contributed by atoms with Gasteiger partial charge in [0.15, 0.2) is 0 Å². The summed E-state index contributed by atoms with van der Waals surface area (Å²) in [4.78, 5) is 9.90. The van der Waals surface area contributed by atoms with E-state index >= 15 is 0 Å². The largest absolute Gasteiger partial charge is 0 e. The molecule has 0 aliphatic carbocycles. The first-order valence-corrected chi connectivity index (χ1v) is 30.5. The minimum absolute atomic E-state index is 0. The number of furan rings is 1. The van der Waals surface area contributed by atoms with Crippen molar-refractivity contribution >= 4 is 72.2 Å². The van der Waals surface area contributed by atoms with Gasteiger partial charge in [-0.2, -0.15) is 0 Å². The first-order valence-electron chi connectivity index (χ1n) is 23.2. The van der Waals surface area contributed by atoms with Gasteiger partial charge in [-0.25, -0.2) is 0 Å². The maximum atomic E-state index is 7.04. The Kier molecular flexibility index (Phi) is 12.7. The van der Waals surface area contributed by atoms with Crippen molar-refractivity contribution < 1.29 is 24.5 Å². The molecule has 335 valence electrons. The monoisotopic (exact) mass is 1110 g/mol. The molecule has 3 heterocycles. The summed E-state index contributed by atoms with van der Waals surface area (Å²) >= 11 is -1.72. The van der Waals surface area contributed by atoms with Crippen molar-refractivity contribution in [1.29, 1.82) is 0 Å². The van der Waals surface area contributed by atoms with Crippen LogP contribution in [-0.2, 0) is 20.1 Å².